The van der Waals surface area contributed by atoms with Gasteiger partial charge in [-0.05, 0) is 7.05 Å². The zero-order chi connectivity index (χ0) is 13.4. The van der Waals surface area contributed by atoms with Crippen molar-refractivity contribution in [1.82, 2.24) is 19.7 Å². The first kappa shape index (κ1) is 14.9. The lowest BCUT2D eigenvalue weighted by molar-refractivity contribution is -0.133. The Morgan fingerprint density at radius 3 is 3.06 bits per heavy atom. The summed E-state index contributed by atoms with van der Waals surface area (Å²) in [6.07, 6.45) is 1.62. The summed E-state index contributed by atoms with van der Waals surface area (Å²) < 4.78 is 6.85. The van der Waals surface area contributed by atoms with Crippen LogP contribution in [0.2, 0.25) is 0 Å². The monoisotopic (exact) mass is 274 g/mol. The maximum atomic E-state index is 10.5. The Labute approximate surface area is 110 Å². The topological polar surface area (TPSA) is 80.5 Å². The van der Waals surface area contributed by atoms with Gasteiger partial charge in [0, 0.05) is 26.7 Å². The molecule has 1 aromatic heterocycles. The average Bonchev–Trinajstić information content (AvgIpc) is 2.78. The summed E-state index contributed by atoms with van der Waals surface area (Å²) in [7, 11) is 3.68. The van der Waals surface area contributed by atoms with Gasteiger partial charge in [0.2, 0.25) is 0 Å². The number of carboxylic acids is 1. The van der Waals surface area contributed by atoms with E-state index in [0.29, 0.717) is 11.8 Å². The molecule has 8 heteroatoms. The van der Waals surface area contributed by atoms with E-state index in [1.807, 2.05) is 11.6 Å². The fraction of sp³-hybridized carbons (Fsp3) is 0.700. The van der Waals surface area contributed by atoms with E-state index in [1.165, 1.54) is 11.8 Å². The molecule has 0 saturated carbocycles. The number of carboxylic acid groups (broad SMARTS) is 1. The Morgan fingerprint density at radius 2 is 2.39 bits per heavy atom. The first-order valence-electron chi connectivity index (χ1n) is 5.53. The van der Waals surface area contributed by atoms with Crippen LogP contribution in [-0.4, -0.2) is 70.3 Å². The third-order valence-electron chi connectivity index (χ3n) is 2.30. The largest absolute Gasteiger partial charge is 0.481 e. The third kappa shape index (κ3) is 5.48. The quantitative estimate of drug-likeness (QED) is 0.636. The highest BCUT2D eigenvalue weighted by Crippen LogP contribution is 2.13. The van der Waals surface area contributed by atoms with Crippen LogP contribution in [0.15, 0.2) is 11.5 Å². The van der Waals surface area contributed by atoms with Gasteiger partial charge in [0.1, 0.15) is 6.33 Å². The minimum atomic E-state index is -0.855. The molecule has 7 nitrogen and oxygen atoms in total. The van der Waals surface area contributed by atoms with Crippen molar-refractivity contribution >= 4 is 17.7 Å². The molecule has 0 aromatic carbocycles. The maximum absolute atomic E-state index is 10.5. The number of aliphatic carboxylic acids is 1. The number of carbonyl (C=O) groups is 1. The molecule has 0 aliphatic rings. The van der Waals surface area contributed by atoms with E-state index in [4.69, 9.17) is 9.84 Å². The van der Waals surface area contributed by atoms with Crippen LogP contribution in [-0.2, 0) is 16.1 Å². The molecule has 1 heterocycles. The van der Waals surface area contributed by atoms with Crippen LogP contribution in [0.4, 0.5) is 0 Å². The average molecular weight is 274 g/mol. The van der Waals surface area contributed by atoms with Gasteiger partial charge in [-0.1, -0.05) is 11.8 Å². The fourth-order valence-corrected chi connectivity index (χ4v) is 1.93. The summed E-state index contributed by atoms with van der Waals surface area (Å²) >= 11 is 1.18. The zero-order valence-corrected chi connectivity index (χ0v) is 11.4. The van der Waals surface area contributed by atoms with Gasteiger partial charge in [0.05, 0.1) is 12.4 Å². The van der Waals surface area contributed by atoms with Crippen molar-refractivity contribution in [1.29, 1.82) is 0 Å². The smallest absolute Gasteiger partial charge is 0.313 e. The Bertz CT molecular complexity index is 372. The van der Waals surface area contributed by atoms with Crippen molar-refractivity contribution < 1.29 is 14.6 Å². The number of aromatic nitrogens is 3. The van der Waals surface area contributed by atoms with E-state index >= 15 is 0 Å². The molecule has 0 aliphatic heterocycles. The van der Waals surface area contributed by atoms with Crippen LogP contribution in [0.3, 0.4) is 0 Å². The van der Waals surface area contributed by atoms with Crippen molar-refractivity contribution in [3.8, 4) is 0 Å². The lowest BCUT2D eigenvalue weighted by atomic mass is 10.5. The van der Waals surface area contributed by atoms with Gasteiger partial charge >= 0.3 is 5.97 Å². The highest BCUT2D eigenvalue weighted by atomic mass is 32.2. The summed E-state index contributed by atoms with van der Waals surface area (Å²) in [5.74, 6) is -0.857. The second kappa shape index (κ2) is 8.06. The predicted octanol–water partition coefficient (Wildman–Crippen LogP) is 0.0330. The number of likely N-dealkylation sites (N-methyl/N-ethyl adjacent to an activating group) is 1. The molecule has 0 fully saturated rings. The maximum Gasteiger partial charge on any atom is 0.313 e. The van der Waals surface area contributed by atoms with Crippen LogP contribution in [0.25, 0.3) is 0 Å². The molecular formula is C10H18N4O3S. The van der Waals surface area contributed by atoms with Crippen LogP contribution in [0.5, 0.6) is 0 Å². The molecule has 1 aromatic rings. The van der Waals surface area contributed by atoms with Gasteiger partial charge in [-0.25, -0.2) is 0 Å². The van der Waals surface area contributed by atoms with Crippen molar-refractivity contribution in [2.75, 3.05) is 39.6 Å². The molecule has 0 spiro atoms. The van der Waals surface area contributed by atoms with Crippen LogP contribution in [0.1, 0.15) is 0 Å². The van der Waals surface area contributed by atoms with Crippen molar-refractivity contribution in [3.63, 3.8) is 0 Å². The molecular weight excluding hydrogens is 256 g/mol. The molecule has 18 heavy (non-hydrogen) atoms. The van der Waals surface area contributed by atoms with Gasteiger partial charge < -0.3 is 19.3 Å². The first-order valence-corrected chi connectivity index (χ1v) is 6.52. The number of methoxy groups -OCH3 is 1. The number of thioether (sulfide) groups is 1. The second-order valence-electron chi connectivity index (χ2n) is 3.79. The first-order chi connectivity index (χ1) is 8.63. The highest BCUT2D eigenvalue weighted by molar-refractivity contribution is 7.99. The molecule has 102 valence electrons. The molecule has 0 radical (unpaired) electrons. The van der Waals surface area contributed by atoms with Gasteiger partial charge in [0.15, 0.2) is 5.16 Å². The summed E-state index contributed by atoms with van der Waals surface area (Å²) in [4.78, 5) is 12.6. The minimum Gasteiger partial charge on any atom is -0.481 e. The van der Waals surface area contributed by atoms with E-state index in [-0.39, 0.29) is 5.75 Å². The van der Waals surface area contributed by atoms with Crippen molar-refractivity contribution in [3.05, 3.63) is 6.33 Å². The number of hydrogen-bond acceptors (Lipinski definition) is 6. The van der Waals surface area contributed by atoms with E-state index in [9.17, 15) is 4.79 Å². The van der Waals surface area contributed by atoms with Gasteiger partial charge in [0.25, 0.3) is 0 Å². The lowest BCUT2D eigenvalue weighted by Crippen LogP contribution is -2.26. The molecule has 0 atom stereocenters. The number of ether oxygens (including phenoxy) is 1. The predicted molar refractivity (Wildman–Crippen MR) is 67.8 cm³/mol. The molecule has 0 saturated heterocycles. The summed E-state index contributed by atoms with van der Waals surface area (Å²) in [5.41, 5.74) is 0. The molecule has 1 N–H and O–H groups in total. The minimum absolute atomic E-state index is 0.00178. The van der Waals surface area contributed by atoms with E-state index in [1.54, 1.807) is 13.4 Å². The Kier molecular flexibility index (Phi) is 6.69. The van der Waals surface area contributed by atoms with Gasteiger partial charge in [-0.2, -0.15) is 0 Å². The summed E-state index contributed by atoms with van der Waals surface area (Å²) in [6.45, 7) is 3.12. The van der Waals surface area contributed by atoms with Crippen molar-refractivity contribution in [2.24, 2.45) is 0 Å². The normalized spacial score (nSPS) is 11.1. The fourth-order valence-electron chi connectivity index (χ4n) is 1.27. The third-order valence-corrected chi connectivity index (χ3v) is 3.27. The molecule has 0 aliphatic carbocycles. The number of nitrogens with zero attached hydrogens (tertiary/aromatic N) is 4. The second-order valence-corrected chi connectivity index (χ2v) is 4.73. The molecule has 1 rings (SSSR count). The molecule has 0 bridgehead atoms. The van der Waals surface area contributed by atoms with E-state index < -0.39 is 5.97 Å². The van der Waals surface area contributed by atoms with E-state index in [0.717, 1.165) is 19.6 Å². The van der Waals surface area contributed by atoms with Crippen LogP contribution in [0, 0.1) is 0 Å². The van der Waals surface area contributed by atoms with Crippen molar-refractivity contribution in [2.45, 2.75) is 11.7 Å². The van der Waals surface area contributed by atoms with Crippen LogP contribution < -0.4 is 0 Å². The van der Waals surface area contributed by atoms with E-state index in [2.05, 4.69) is 15.1 Å². The molecule has 0 amide bonds. The summed E-state index contributed by atoms with van der Waals surface area (Å²) in [6, 6.07) is 0. The number of rotatable bonds is 9. The Morgan fingerprint density at radius 1 is 1.61 bits per heavy atom. The Balaban J connectivity index is 2.37. The summed E-state index contributed by atoms with van der Waals surface area (Å²) in [5, 5.41) is 16.9. The zero-order valence-electron chi connectivity index (χ0n) is 10.6. The Hall–Kier alpha value is -1.12. The van der Waals surface area contributed by atoms with Crippen LogP contribution >= 0.6 is 11.8 Å². The standard InChI is InChI=1S/C10H18N4O3S/c1-13(5-6-17-2)3-4-14-8-11-12-10(14)18-7-9(15)16/h8H,3-7H2,1-2H3,(H,15,16). The number of hydrogen-bond donors (Lipinski definition) is 1. The van der Waals surface area contributed by atoms with Gasteiger partial charge in [-0.15, -0.1) is 10.2 Å². The SMILES string of the molecule is COCCN(C)CCn1cnnc1SCC(=O)O. The van der Waals surface area contributed by atoms with Gasteiger partial charge in [-0.3, -0.25) is 4.79 Å². The highest BCUT2D eigenvalue weighted by Gasteiger charge is 2.08. The lowest BCUT2D eigenvalue weighted by Gasteiger charge is -2.16. The molecule has 0 unspecified atom stereocenters.